The topological polar surface area (TPSA) is 63.3 Å². The minimum absolute atomic E-state index is 0.234. The first-order chi connectivity index (χ1) is 8.87. The summed E-state index contributed by atoms with van der Waals surface area (Å²) in [6.07, 6.45) is -0.446. The number of hydrogen-bond acceptors (Lipinski definition) is 3. The Balaban J connectivity index is 2.41. The van der Waals surface area contributed by atoms with Gasteiger partial charge in [0.05, 0.1) is 0 Å². The SMILES string of the molecule is CC(F)(F)Cc1ccccc1-c1cc(C(=O)O)on1. The molecule has 0 bridgehead atoms. The van der Waals surface area contributed by atoms with Crippen LogP contribution in [0.4, 0.5) is 8.78 Å². The molecule has 0 aliphatic rings. The molecule has 1 aromatic heterocycles. The second kappa shape index (κ2) is 4.79. The summed E-state index contributed by atoms with van der Waals surface area (Å²) in [5, 5.41) is 12.3. The molecular formula is C13H11F2NO3. The predicted octanol–water partition coefficient (Wildman–Crippen LogP) is 3.24. The van der Waals surface area contributed by atoms with Gasteiger partial charge in [0.1, 0.15) is 5.69 Å². The van der Waals surface area contributed by atoms with Crippen molar-refractivity contribution in [3.8, 4) is 11.3 Å². The van der Waals surface area contributed by atoms with Crippen molar-refractivity contribution in [2.45, 2.75) is 19.3 Å². The molecule has 1 heterocycles. The number of rotatable bonds is 4. The van der Waals surface area contributed by atoms with E-state index in [0.717, 1.165) is 6.92 Å². The second-order valence-corrected chi connectivity index (χ2v) is 4.29. The summed E-state index contributed by atoms with van der Waals surface area (Å²) in [7, 11) is 0. The molecule has 0 amide bonds. The Kier molecular flexibility index (Phi) is 3.33. The molecule has 0 radical (unpaired) electrons. The van der Waals surface area contributed by atoms with Crippen molar-refractivity contribution in [2.24, 2.45) is 0 Å². The third kappa shape index (κ3) is 3.15. The highest BCUT2D eigenvalue weighted by Gasteiger charge is 2.24. The summed E-state index contributed by atoms with van der Waals surface area (Å²) in [4.78, 5) is 10.7. The van der Waals surface area contributed by atoms with Crippen molar-refractivity contribution in [3.63, 3.8) is 0 Å². The molecule has 2 aromatic rings. The van der Waals surface area contributed by atoms with Crippen LogP contribution in [-0.2, 0) is 6.42 Å². The van der Waals surface area contributed by atoms with Crippen molar-refractivity contribution >= 4 is 5.97 Å². The van der Waals surface area contributed by atoms with Gasteiger partial charge in [0.2, 0.25) is 11.7 Å². The zero-order valence-electron chi connectivity index (χ0n) is 10.1. The van der Waals surface area contributed by atoms with E-state index in [4.69, 9.17) is 5.11 Å². The van der Waals surface area contributed by atoms with Gasteiger partial charge >= 0.3 is 5.97 Å². The van der Waals surface area contributed by atoms with Gasteiger partial charge in [-0.3, -0.25) is 0 Å². The van der Waals surface area contributed by atoms with Crippen LogP contribution in [0.2, 0.25) is 0 Å². The van der Waals surface area contributed by atoms with Crippen molar-refractivity contribution < 1.29 is 23.2 Å². The van der Waals surface area contributed by atoms with Gasteiger partial charge in [-0.05, 0) is 12.5 Å². The Morgan fingerprint density at radius 2 is 2.11 bits per heavy atom. The van der Waals surface area contributed by atoms with Gasteiger partial charge in [-0.25, -0.2) is 13.6 Å². The average Bonchev–Trinajstić information content (AvgIpc) is 2.76. The lowest BCUT2D eigenvalue weighted by Crippen LogP contribution is -2.14. The number of alkyl halides is 2. The molecule has 0 saturated heterocycles. The molecule has 2 rings (SSSR count). The third-order valence-electron chi connectivity index (χ3n) is 2.52. The maximum Gasteiger partial charge on any atom is 0.374 e. The summed E-state index contributed by atoms with van der Waals surface area (Å²) in [6.45, 7) is 0.829. The fourth-order valence-electron chi connectivity index (χ4n) is 1.76. The molecule has 0 unspecified atom stereocenters. The predicted molar refractivity (Wildman–Crippen MR) is 63.2 cm³/mol. The summed E-state index contributed by atoms with van der Waals surface area (Å²) < 4.78 is 30.8. The van der Waals surface area contributed by atoms with E-state index in [2.05, 4.69) is 9.68 Å². The Bertz CT molecular complexity index is 602. The molecule has 0 fully saturated rings. The quantitative estimate of drug-likeness (QED) is 0.923. The fraction of sp³-hybridized carbons (Fsp3) is 0.231. The first-order valence-electron chi connectivity index (χ1n) is 5.53. The lowest BCUT2D eigenvalue weighted by atomic mass is 9.99. The average molecular weight is 267 g/mol. The monoisotopic (exact) mass is 267 g/mol. The van der Waals surface area contributed by atoms with Crippen LogP contribution in [0.1, 0.15) is 23.0 Å². The van der Waals surface area contributed by atoms with E-state index in [1.165, 1.54) is 6.07 Å². The van der Waals surface area contributed by atoms with Gasteiger partial charge < -0.3 is 9.63 Å². The number of hydrogen-bond donors (Lipinski definition) is 1. The van der Waals surface area contributed by atoms with Gasteiger partial charge in [-0.15, -0.1) is 0 Å². The van der Waals surface area contributed by atoms with Crippen LogP contribution < -0.4 is 0 Å². The van der Waals surface area contributed by atoms with Crippen LogP contribution in [-0.4, -0.2) is 22.2 Å². The third-order valence-corrected chi connectivity index (χ3v) is 2.52. The van der Waals surface area contributed by atoms with E-state index in [9.17, 15) is 13.6 Å². The summed E-state index contributed by atoms with van der Waals surface area (Å²) in [5.74, 6) is -4.43. The van der Waals surface area contributed by atoms with E-state index >= 15 is 0 Å². The van der Waals surface area contributed by atoms with Gasteiger partial charge in [0, 0.05) is 18.1 Å². The van der Waals surface area contributed by atoms with Crippen LogP contribution in [0.15, 0.2) is 34.9 Å². The molecule has 19 heavy (non-hydrogen) atoms. The fourth-order valence-corrected chi connectivity index (χ4v) is 1.76. The van der Waals surface area contributed by atoms with Crippen LogP contribution >= 0.6 is 0 Å². The minimum Gasteiger partial charge on any atom is -0.475 e. The van der Waals surface area contributed by atoms with Crippen LogP contribution in [0, 0.1) is 0 Å². The molecule has 0 aliphatic carbocycles. The van der Waals surface area contributed by atoms with Gasteiger partial charge in [0.15, 0.2) is 0 Å². The second-order valence-electron chi connectivity index (χ2n) is 4.29. The number of aromatic nitrogens is 1. The highest BCUT2D eigenvalue weighted by molar-refractivity contribution is 5.85. The zero-order valence-corrected chi connectivity index (χ0v) is 10.1. The number of carboxylic acids is 1. The Hall–Kier alpha value is -2.24. The van der Waals surface area contributed by atoms with E-state index in [0.29, 0.717) is 11.1 Å². The Labute approximate surface area is 107 Å². The number of nitrogens with zero attached hydrogens (tertiary/aromatic N) is 1. The maximum atomic E-state index is 13.1. The number of carboxylic acid groups (broad SMARTS) is 1. The van der Waals surface area contributed by atoms with E-state index in [1.807, 2.05) is 0 Å². The zero-order chi connectivity index (χ0) is 14.0. The van der Waals surface area contributed by atoms with Crippen molar-refractivity contribution in [1.82, 2.24) is 5.16 Å². The number of benzene rings is 1. The summed E-state index contributed by atoms with van der Waals surface area (Å²) >= 11 is 0. The highest BCUT2D eigenvalue weighted by Crippen LogP contribution is 2.28. The van der Waals surface area contributed by atoms with E-state index in [-0.39, 0.29) is 11.5 Å². The van der Waals surface area contributed by atoms with Gasteiger partial charge in [-0.2, -0.15) is 0 Å². The van der Waals surface area contributed by atoms with E-state index in [1.54, 1.807) is 24.3 Å². The highest BCUT2D eigenvalue weighted by atomic mass is 19.3. The molecule has 0 aliphatic heterocycles. The van der Waals surface area contributed by atoms with Gasteiger partial charge in [0.25, 0.3) is 0 Å². The Morgan fingerprint density at radius 3 is 2.68 bits per heavy atom. The molecule has 1 aromatic carbocycles. The molecule has 0 saturated carbocycles. The minimum atomic E-state index is -2.85. The van der Waals surface area contributed by atoms with E-state index < -0.39 is 18.3 Å². The molecule has 1 N–H and O–H groups in total. The number of aromatic carboxylic acids is 1. The number of carbonyl (C=O) groups is 1. The van der Waals surface area contributed by atoms with Crippen LogP contribution in [0.3, 0.4) is 0 Å². The largest absolute Gasteiger partial charge is 0.475 e. The maximum absolute atomic E-state index is 13.1. The first kappa shape index (κ1) is 13.2. The normalized spacial score (nSPS) is 11.5. The lowest BCUT2D eigenvalue weighted by molar-refractivity contribution is 0.0227. The molecular weight excluding hydrogens is 256 g/mol. The molecule has 0 spiro atoms. The Morgan fingerprint density at radius 1 is 1.42 bits per heavy atom. The molecule has 6 heteroatoms. The summed E-state index contributed by atoms with van der Waals surface area (Å²) in [5.41, 5.74) is 1.07. The summed E-state index contributed by atoms with van der Waals surface area (Å²) in [6, 6.07) is 7.69. The van der Waals surface area contributed by atoms with Gasteiger partial charge in [-0.1, -0.05) is 29.4 Å². The lowest BCUT2D eigenvalue weighted by Gasteiger charge is -2.12. The van der Waals surface area contributed by atoms with Crippen molar-refractivity contribution in [2.75, 3.05) is 0 Å². The first-order valence-corrected chi connectivity index (χ1v) is 5.53. The van der Waals surface area contributed by atoms with Crippen LogP contribution in [0.25, 0.3) is 11.3 Å². The molecule has 0 atom stereocenters. The van der Waals surface area contributed by atoms with Crippen molar-refractivity contribution in [3.05, 3.63) is 41.7 Å². The molecule has 4 nitrogen and oxygen atoms in total. The smallest absolute Gasteiger partial charge is 0.374 e. The van der Waals surface area contributed by atoms with Crippen LogP contribution in [0.5, 0.6) is 0 Å². The standard InChI is InChI=1S/C13H11F2NO3/c1-13(14,15)7-8-4-2-3-5-9(8)10-6-11(12(17)18)19-16-10/h2-6H,7H2,1H3,(H,17,18). The molecule has 100 valence electrons. The van der Waals surface area contributed by atoms with Crippen molar-refractivity contribution in [1.29, 1.82) is 0 Å². The number of halogens is 2.